The maximum Gasteiger partial charge on any atom is 0.123 e. The molecule has 4 heterocycles. The van der Waals surface area contributed by atoms with Gasteiger partial charge in [0, 0.05) is 31.2 Å². The molecule has 0 amide bonds. The highest BCUT2D eigenvalue weighted by Crippen LogP contribution is 2.37. The first kappa shape index (κ1) is 22.0. The summed E-state index contributed by atoms with van der Waals surface area (Å²) in [5, 5.41) is 2.00. The largest absolute Gasteiger partial charge is 0.325 e. The van der Waals surface area contributed by atoms with Crippen LogP contribution in [0, 0.1) is 12.7 Å². The van der Waals surface area contributed by atoms with Gasteiger partial charge in [0.15, 0.2) is 0 Å². The van der Waals surface area contributed by atoms with E-state index < -0.39 is 0 Å². The summed E-state index contributed by atoms with van der Waals surface area (Å²) in [5.41, 5.74) is 8.22. The number of pyridine rings is 1. The Morgan fingerprint density at radius 1 is 1.09 bits per heavy atom. The number of imidazole rings is 1. The Labute approximate surface area is 202 Å². The molecule has 7 heteroatoms. The normalized spacial score (nSPS) is 16.4. The monoisotopic (exact) mass is 469 g/mol. The Morgan fingerprint density at radius 2 is 1.88 bits per heavy atom. The van der Waals surface area contributed by atoms with E-state index in [2.05, 4.69) is 44.9 Å². The summed E-state index contributed by atoms with van der Waals surface area (Å²) in [5.74, 6) is 0.627. The first-order valence-corrected chi connectivity index (χ1v) is 11.7. The van der Waals surface area contributed by atoms with E-state index in [0.717, 1.165) is 43.7 Å². The van der Waals surface area contributed by atoms with Crippen LogP contribution in [0.2, 0.25) is 0 Å². The summed E-state index contributed by atoms with van der Waals surface area (Å²) in [6.07, 6.45) is 9.58. The standard InChI is InChI=1S/C27H24FN5S/c1-4-19(22-15-31-32(3)27(22)20-8-10-21(28)11-9-20)17-33-18(2)30-16-24(33)26-13-12-25(34-26)23-7-5-6-14-29-23/h4-17,27,31H,1H2,2-3H3/b19-17+. The number of hydrogen-bond donors (Lipinski definition) is 1. The Balaban J connectivity index is 1.52. The van der Waals surface area contributed by atoms with Crippen molar-refractivity contribution in [1.82, 2.24) is 25.0 Å². The average molecular weight is 470 g/mol. The van der Waals surface area contributed by atoms with Crippen molar-refractivity contribution in [3.63, 3.8) is 0 Å². The minimum absolute atomic E-state index is 0.0744. The molecule has 1 aliphatic rings. The zero-order chi connectivity index (χ0) is 23.7. The van der Waals surface area contributed by atoms with Crippen molar-refractivity contribution in [3.05, 3.63) is 114 Å². The van der Waals surface area contributed by atoms with E-state index in [9.17, 15) is 4.39 Å². The smallest absolute Gasteiger partial charge is 0.123 e. The number of aryl methyl sites for hydroxylation is 1. The number of hydrogen-bond acceptors (Lipinski definition) is 5. The van der Waals surface area contributed by atoms with E-state index in [4.69, 9.17) is 0 Å². The highest BCUT2D eigenvalue weighted by Gasteiger charge is 2.28. The lowest BCUT2D eigenvalue weighted by atomic mass is 9.94. The molecule has 3 aromatic heterocycles. The van der Waals surface area contributed by atoms with Crippen LogP contribution in [-0.4, -0.2) is 26.6 Å². The van der Waals surface area contributed by atoms with Crippen LogP contribution in [0.1, 0.15) is 17.4 Å². The Hall–Kier alpha value is -3.81. The second-order valence-corrected chi connectivity index (χ2v) is 9.11. The summed E-state index contributed by atoms with van der Waals surface area (Å²) in [4.78, 5) is 11.3. The van der Waals surface area contributed by atoms with Gasteiger partial charge in [0.25, 0.3) is 0 Å². The summed E-state index contributed by atoms with van der Waals surface area (Å²) in [7, 11) is 1.97. The lowest BCUT2D eigenvalue weighted by molar-refractivity contribution is 0.252. The number of halogens is 1. The highest BCUT2D eigenvalue weighted by atomic mass is 32.1. The third-order valence-corrected chi connectivity index (χ3v) is 7.00. The fourth-order valence-corrected chi connectivity index (χ4v) is 5.12. The number of nitrogens with zero attached hydrogens (tertiary/aromatic N) is 4. The molecule has 4 aromatic rings. The third kappa shape index (κ3) is 4.11. The lowest BCUT2D eigenvalue weighted by Gasteiger charge is -2.23. The van der Waals surface area contributed by atoms with Crippen LogP contribution in [0.4, 0.5) is 4.39 Å². The van der Waals surface area contributed by atoms with Gasteiger partial charge in [-0.2, -0.15) is 0 Å². The van der Waals surface area contributed by atoms with Gasteiger partial charge in [-0.1, -0.05) is 30.9 Å². The van der Waals surface area contributed by atoms with Gasteiger partial charge in [-0.25, -0.2) is 14.4 Å². The molecule has 0 fully saturated rings. The van der Waals surface area contributed by atoms with Crippen LogP contribution >= 0.6 is 11.3 Å². The Bertz CT molecular complexity index is 1380. The molecular weight excluding hydrogens is 445 g/mol. The SMILES string of the molecule is C=C/C(=C\n1c(-c2ccc(-c3ccccn3)s2)cnc1C)C1=CNN(C)C1c1ccc(F)cc1. The number of hydrazine groups is 1. The number of aromatic nitrogens is 3. The molecule has 1 atom stereocenters. The number of likely N-dealkylation sites (N-methyl/N-ethyl adjacent to an activating group) is 1. The third-order valence-electron chi connectivity index (χ3n) is 5.87. The van der Waals surface area contributed by atoms with Gasteiger partial charge in [0.1, 0.15) is 11.6 Å². The van der Waals surface area contributed by atoms with Gasteiger partial charge in [-0.05, 0) is 54.5 Å². The minimum Gasteiger partial charge on any atom is -0.325 e. The molecule has 0 spiro atoms. The second-order valence-electron chi connectivity index (χ2n) is 8.02. The van der Waals surface area contributed by atoms with E-state index in [1.54, 1.807) is 17.5 Å². The van der Waals surface area contributed by atoms with Gasteiger partial charge in [0.05, 0.1) is 33.4 Å². The van der Waals surface area contributed by atoms with Crippen molar-refractivity contribution in [2.24, 2.45) is 0 Å². The predicted molar refractivity (Wildman–Crippen MR) is 136 cm³/mol. The number of benzene rings is 1. The zero-order valence-corrected chi connectivity index (χ0v) is 19.8. The molecule has 1 aromatic carbocycles. The molecule has 34 heavy (non-hydrogen) atoms. The second kappa shape index (κ2) is 9.21. The van der Waals surface area contributed by atoms with Crippen LogP contribution in [0.5, 0.6) is 0 Å². The fourth-order valence-electron chi connectivity index (χ4n) is 4.13. The van der Waals surface area contributed by atoms with Crippen LogP contribution < -0.4 is 5.43 Å². The van der Waals surface area contributed by atoms with Crippen molar-refractivity contribution in [3.8, 4) is 21.1 Å². The first-order valence-electron chi connectivity index (χ1n) is 10.9. The molecule has 5 nitrogen and oxygen atoms in total. The van der Waals surface area contributed by atoms with Gasteiger partial charge in [0.2, 0.25) is 0 Å². The van der Waals surface area contributed by atoms with Crippen LogP contribution in [0.25, 0.3) is 27.3 Å². The van der Waals surface area contributed by atoms with Gasteiger partial charge in [-0.15, -0.1) is 11.3 Å². The van der Waals surface area contributed by atoms with Crippen molar-refractivity contribution >= 4 is 17.5 Å². The molecule has 1 unspecified atom stereocenters. The number of thiophene rings is 1. The Morgan fingerprint density at radius 3 is 2.62 bits per heavy atom. The maximum absolute atomic E-state index is 13.5. The van der Waals surface area contributed by atoms with Gasteiger partial charge in [-0.3, -0.25) is 4.98 Å². The number of nitrogens with one attached hydrogen (secondary N) is 1. The summed E-state index contributed by atoms with van der Waals surface area (Å²) < 4.78 is 15.6. The van der Waals surface area contributed by atoms with Crippen molar-refractivity contribution in [2.45, 2.75) is 13.0 Å². The van der Waals surface area contributed by atoms with E-state index in [0.29, 0.717) is 0 Å². The van der Waals surface area contributed by atoms with Crippen molar-refractivity contribution < 1.29 is 4.39 Å². The van der Waals surface area contributed by atoms with E-state index in [-0.39, 0.29) is 11.9 Å². The number of rotatable bonds is 6. The molecule has 1 N–H and O–H groups in total. The molecule has 0 aliphatic carbocycles. The summed E-state index contributed by atoms with van der Waals surface area (Å²) in [6.45, 7) is 6.06. The zero-order valence-electron chi connectivity index (χ0n) is 18.9. The van der Waals surface area contributed by atoms with Crippen LogP contribution in [-0.2, 0) is 0 Å². The molecule has 0 bridgehead atoms. The lowest BCUT2D eigenvalue weighted by Crippen LogP contribution is -2.28. The van der Waals surface area contributed by atoms with E-state index >= 15 is 0 Å². The first-order chi connectivity index (χ1) is 16.5. The molecular formula is C27H24FN5S. The topological polar surface area (TPSA) is 46.0 Å². The van der Waals surface area contributed by atoms with E-state index in [1.807, 2.05) is 67.8 Å². The molecule has 0 saturated carbocycles. The molecule has 0 radical (unpaired) electrons. The average Bonchev–Trinajstić information content (AvgIpc) is 3.58. The number of allylic oxidation sites excluding steroid dienone is 1. The maximum atomic E-state index is 13.5. The fraction of sp³-hybridized carbons (Fsp3) is 0.111. The van der Waals surface area contributed by atoms with Crippen LogP contribution in [0.3, 0.4) is 0 Å². The molecule has 0 saturated heterocycles. The minimum atomic E-state index is -0.248. The predicted octanol–water partition coefficient (Wildman–Crippen LogP) is 6.22. The van der Waals surface area contributed by atoms with E-state index in [1.165, 1.54) is 12.1 Å². The molecule has 170 valence electrons. The van der Waals surface area contributed by atoms with Crippen LogP contribution in [0.15, 0.2) is 97.0 Å². The van der Waals surface area contributed by atoms with Gasteiger partial charge >= 0.3 is 0 Å². The summed E-state index contributed by atoms with van der Waals surface area (Å²) in [6, 6.07) is 16.7. The quantitative estimate of drug-likeness (QED) is 0.340. The molecule has 1 aliphatic heterocycles. The van der Waals surface area contributed by atoms with Crippen molar-refractivity contribution in [1.29, 1.82) is 0 Å². The Kier molecular flexibility index (Phi) is 5.96. The summed E-state index contributed by atoms with van der Waals surface area (Å²) >= 11 is 1.68. The van der Waals surface area contributed by atoms with Gasteiger partial charge < -0.3 is 9.99 Å². The van der Waals surface area contributed by atoms with Crippen molar-refractivity contribution in [2.75, 3.05) is 7.05 Å². The highest BCUT2D eigenvalue weighted by molar-refractivity contribution is 7.18. The molecule has 5 rings (SSSR count).